The van der Waals surface area contributed by atoms with Crippen molar-refractivity contribution in [3.05, 3.63) is 36.3 Å². The van der Waals surface area contributed by atoms with Gasteiger partial charge in [0.2, 0.25) is 17.7 Å². The van der Waals surface area contributed by atoms with Gasteiger partial charge in [0, 0.05) is 17.5 Å². The van der Waals surface area contributed by atoms with Crippen molar-refractivity contribution in [3.8, 4) is 17.0 Å². The topological polar surface area (TPSA) is 89.6 Å². The highest BCUT2D eigenvalue weighted by molar-refractivity contribution is 5.90. The second-order valence-electron chi connectivity index (χ2n) is 8.57. The number of rotatable bonds is 6. The van der Waals surface area contributed by atoms with E-state index in [2.05, 4.69) is 20.4 Å². The highest BCUT2D eigenvalue weighted by atomic mass is 19.3. The Hall–Kier alpha value is -4.04. The number of carbonyl (C=O) groups excluding carboxylic acids is 1. The average Bonchev–Trinajstić information content (AvgIpc) is 3.43. The number of benzene rings is 1. The molecule has 1 aliphatic rings. The van der Waals surface area contributed by atoms with E-state index in [1.54, 1.807) is 0 Å². The lowest BCUT2D eigenvalue weighted by molar-refractivity contribution is -0.140. The summed E-state index contributed by atoms with van der Waals surface area (Å²) in [7, 11) is -3.19. The normalized spacial score (nSPS) is 20.5. The third kappa shape index (κ3) is 4.45. The predicted molar refractivity (Wildman–Crippen MR) is 123 cm³/mol. The maximum atomic E-state index is 15.4. The number of aromatic nitrogens is 5. The van der Waals surface area contributed by atoms with Crippen LogP contribution in [0, 0.1) is 11.6 Å². The van der Waals surface area contributed by atoms with E-state index >= 15 is 13.2 Å². The van der Waals surface area contributed by atoms with E-state index in [-0.39, 0.29) is 23.1 Å². The molecule has 9 nitrogen and oxygen atoms in total. The van der Waals surface area contributed by atoms with Gasteiger partial charge in [-0.15, -0.1) is 5.10 Å². The smallest absolute Gasteiger partial charge is 0.285 e. The number of halogens is 6. The average molecular weight is 547 g/mol. The number of carbonyl (C=O) groups is 1. The highest BCUT2D eigenvalue weighted by Gasteiger charge is 2.46. The van der Waals surface area contributed by atoms with E-state index in [9.17, 15) is 18.0 Å². The van der Waals surface area contributed by atoms with Crippen LogP contribution in [0.5, 0.6) is 5.88 Å². The number of imidazole rings is 1. The number of piperidine rings is 1. The fraction of sp³-hybridized carbons (Fsp3) is 0.391. The monoisotopic (exact) mass is 547 g/mol. The van der Waals surface area contributed by atoms with Gasteiger partial charge in [0.1, 0.15) is 11.0 Å². The van der Waals surface area contributed by atoms with E-state index in [0.717, 1.165) is 33.7 Å². The molecule has 15 heteroatoms. The van der Waals surface area contributed by atoms with Crippen molar-refractivity contribution in [3.63, 3.8) is 0 Å². The number of hydrogen-bond donors (Lipinski definition) is 1. The first-order valence-electron chi connectivity index (χ1n) is 14.0. The Morgan fingerprint density at radius 1 is 1.32 bits per heavy atom. The van der Waals surface area contributed by atoms with E-state index in [1.807, 2.05) is 0 Å². The molecule has 0 bridgehead atoms. The number of likely N-dealkylation sites (tertiary alicyclic amines) is 1. The molecule has 1 N–H and O–H groups in total. The first kappa shape index (κ1) is 19.1. The summed E-state index contributed by atoms with van der Waals surface area (Å²) in [5, 5.41) is 6.25. The lowest BCUT2D eigenvalue weighted by Crippen LogP contribution is -2.55. The van der Waals surface area contributed by atoms with Gasteiger partial charge in [0.25, 0.3) is 12.3 Å². The minimum absolute atomic E-state index is 0.123. The maximum Gasteiger partial charge on any atom is 0.285 e. The van der Waals surface area contributed by atoms with E-state index < -0.39 is 92.2 Å². The summed E-state index contributed by atoms with van der Waals surface area (Å²) in [6, 6.07) is 0.209. The molecule has 3 aromatic heterocycles. The van der Waals surface area contributed by atoms with Gasteiger partial charge in [-0.2, -0.15) is 4.98 Å². The molecule has 5 rings (SSSR count). The molecule has 1 atom stereocenters. The lowest BCUT2D eigenvalue weighted by Gasteiger charge is -2.38. The van der Waals surface area contributed by atoms with Crippen LogP contribution in [0.15, 0.2) is 24.7 Å². The van der Waals surface area contributed by atoms with E-state index in [4.69, 9.17) is 13.0 Å². The Balaban J connectivity index is 1.56. The molecule has 1 amide bonds. The Morgan fingerprint density at radius 3 is 2.84 bits per heavy atom. The lowest BCUT2D eigenvalue weighted by atomic mass is 10.0. The molecule has 4 aromatic rings. The summed E-state index contributed by atoms with van der Waals surface area (Å²) < 4.78 is 137. The molecule has 0 aliphatic carbocycles. The van der Waals surface area contributed by atoms with Gasteiger partial charge in [-0.05, 0) is 24.1 Å². The van der Waals surface area contributed by atoms with Gasteiger partial charge >= 0.3 is 0 Å². The Labute approximate surface area is 219 Å². The third-order valence-corrected chi connectivity index (χ3v) is 6.14. The van der Waals surface area contributed by atoms with Crippen molar-refractivity contribution in [2.75, 3.05) is 25.4 Å². The summed E-state index contributed by atoms with van der Waals surface area (Å²) in [5.41, 5.74) is -1.59. The van der Waals surface area contributed by atoms with Gasteiger partial charge in [0.05, 0.1) is 53.9 Å². The second kappa shape index (κ2) is 9.36. The van der Waals surface area contributed by atoms with Crippen molar-refractivity contribution in [1.82, 2.24) is 29.0 Å². The number of nitrogens with zero attached hydrogens (tertiary/aromatic N) is 6. The van der Waals surface area contributed by atoms with Crippen molar-refractivity contribution in [2.24, 2.45) is 0 Å². The number of hydrogen-bond acceptors (Lipinski definition) is 6. The Kier molecular flexibility index (Phi) is 4.70. The number of methoxy groups -OCH3 is 1. The van der Waals surface area contributed by atoms with Crippen LogP contribution in [-0.2, 0) is 11.3 Å². The minimum atomic E-state index is -3.70. The van der Waals surface area contributed by atoms with Gasteiger partial charge in [-0.1, -0.05) is 0 Å². The highest BCUT2D eigenvalue weighted by Crippen LogP contribution is 2.37. The molecule has 1 fully saturated rings. The van der Waals surface area contributed by atoms with Crippen LogP contribution in [0.1, 0.15) is 21.5 Å². The molecule has 0 unspecified atom stereocenters. The molecule has 38 heavy (non-hydrogen) atoms. The molecule has 0 radical (unpaired) electrons. The fourth-order valence-electron chi connectivity index (χ4n) is 4.43. The van der Waals surface area contributed by atoms with Gasteiger partial charge < -0.3 is 19.5 Å². The number of amides is 1. The van der Waals surface area contributed by atoms with Crippen LogP contribution >= 0.6 is 0 Å². The Morgan fingerprint density at radius 2 is 2.13 bits per heavy atom. The largest absolute Gasteiger partial charge is 0.479 e. The Bertz CT molecular complexity index is 1740. The molecular formula is C23H21F6N7O2. The number of ether oxygens (including phenoxy) is 1. The van der Waals surface area contributed by atoms with Gasteiger partial charge in [-0.3, -0.25) is 4.79 Å². The number of nitrogens with one attached hydrogen (secondary N) is 1. The van der Waals surface area contributed by atoms with E-state index in [1.165, 1.54) is 0 Å². The van der Waals surface area contributed by atoms with Crippen molar-refractivity contribution >= 4 is 28.4 Å². The second-order valence-corrected chi connectivity index (χ2v) is 8.57. The van der Waals surface area contributed by atoms with Crippen LogP contribution < -0.4 is 10.1 Å². The van der Waals surface area contributed by atoms with Crippen molar-refractivity contribution < 1.29 is 44.1 Å². The van der Waals surface area contributed by atoms with E-state index in [0.29, 0.717) is 4.90 Å². The molecule has 0 spiro atoms. The van der Waals surface area contributed by atoms with Gasteiger partial charge in [-0.25, -0.2) is 35.8 Å². The molecule has 0 saturated carbocycles. The fourth-order valence-corrected chi connectivity index (χ4v) is 4.43. The molecule has 4 heterocycles. The zero-order valence-corrected chi connectivity index (χ0v) is 19.1. The molecule has 1 aliphatic heterocycles. The standard InChI is InChI=1S/C23H21F6N7O2/c1-11(37)34-4-3-16(23(28,29)9-34)31-22-32-21(38-2)20-18(14(25)7-36(20)33-22)12-5-13(24)19-15(6-12)35(10-30-19)8-17(26)27/h5-7,10,16-17H,3-4,8-9H2,1-2H3,(H,31,33)/t16-/m1/s1/i1D3,2D3. The third-order valence-electron chi connectivity index (χ3n) is 6.14. The zero-order valence-electron chi connectivity index (χ0n) is 25.1. The molecule has 1 aromatic carbocycles. The maximum absolute atomic E-state index is 15.4. The quantitative estimate of drug-likeness (QED) is 0.368. The predicted octanol–water partition coefficient (Wildman–Crippen LogP) is 3.97. The van der Waals surface area contributed by atoms with Crippen molar-refractivity contribution in [1.29, 1.82) is 0 Å². The van der Waals surface area contributed by atoms with Crippen LogP contribution in [0.25, 0.3) is 27.7 Å². The molecule has 202 valence electrons. The summed E-state index contributed by atoms with van der Waals surface area (Å²) >= 11 is 0. The summed E-state index contributed by atoms with van der Waals surface area (Å²) in [6.07, 6.45) is -1.60. The zero-order chi connectivity index (χ0) is 32.4. The minimum Gasteiger partial charge on any atom is -0.479 e. The number of alkyl halides is 4. The van der Waals surface area contributed by atoms with Gasteiger partial charge in [0.15, 0.2) is 11.6 Å². The molecule has 1 saturated heterocycles. The first-order valence-corrected chi connectivity index (χ1v) is 11.0. The summed E-state index contributed by atoms with van der Waals surface area (Å²) in [4.78, 5) is 20.1. The number of anilines is 1. The van der Waals surface area contributed by atoms with Crippen LogP contribution in [0.2, 0.25) is 0 Å². The summed E-state index contributed by atoms with van der Waals surface area (Å²) in [6.45, 7) is -5.60. The summed E-state index contributed by atoms with van der Waals surface area (Å²) in [5.74, 6) is -8.73. The molecular weight excluding hydrogens is 520 g/mol. The first-order chi connectivity index (χ1) is 20.3. The van der Waals surface area contributed by atoms with Crippen molar-refractivity contribution in [2.45, 2.75) is 38.2 Å². The van der Waals surface area contributed by atoms with Crippen LogP contribution in [0.4, 0.5) is 32.3 Å². The number of fused-ring (bicyclic) bond motifs is 2. The van der Waals surface area contributed by atoms with Crippen LogP contribution in [-0.4, -0.2) is 73.5 Å². The van der Waals surface area contributed by atoms with Crippen LogP contribution in [0.3, 0.4) is 0 Å². The SMILES string of the molecule is [2H]C([2H])([2H])Oc1nc(N[C@@H]2CCN(C(=O)C([2H])([2H])[2H])CC2(F)F)nn2cc(F)c(-c3cc(F)c4ncn(CC(F)F)c4c3)c12.